The van der Waals surface area contributed by atoms with Crippen LogP contribution in [-0.4, -0.2) is 50.2 Å². The standard InChI is InChI=1S/C28H28Cl2N2O5S.CH4/c1-3-11-32(12-13-33)17-24-22-9-7-19(18-5-4-6-21(14-18)31-38(2,35)36)15-26(22)37-28(24)27(34)23-10-8-20(29)16-25(23)30;/h4-10,14-16,31,33H,3,11-13,17H2,1-2H3;1H4. The van der Waals surface area contributed by atoms with Crippen molar-refractivity contribution >= 4 is 55.7 Å². The maximum Gasteiger partial charge on any atom is 0.230 e. The minimum absolute atomic E-state index is 0. The topological polar surface area (TPSA) is 99.8 Å². The fourth-order valence-electron chi connectivity index (χ4n) is 4.39. The van der Waals surface area contributed by atoms with Gasteiger partial charge in [0.1, 0.15) is 5.58 Å². The number of aliphatic hydroxyl groups is 1. The zero-order valence-corrected chi connectivity index (χ0v) is 23.3. The Bertz CT molecular complexity index is 1580. The number of aliphatic hydroxyl groups excluding tert-OH is 1. The molecule has 0 saturated heterocycles. The van der Waals surface area contributed by atoms with E-state index in [4.69, 9.17) is 27.6 Å². The first-order valence-electron chi connectivity index (χ1n) is 12.1. The van der Waals surface area contributed by atoms with E-state index in [1.54, 1.807) is 30.3 Å². The molecule has 39 heavy (non-hydrogen) atoms. The van der Waals surface area contributed by atoms with Crippen molar-refractivity contribution in [1.29, 1.82) is 0 Å². The van der Waals surface area contributed by atoms with Crippen molar-refractivity contribution in [3.8, 4) is 11.1 Å². The summed E-state index contributed by atoms with van der Waals surface area (Å²) in [4.78, 5) is 15.7. The summed E-state index contributed by atoms with van der Waals surface area (Å²) >= 11 is 12.4. The van der Waals surface area contributed by atoms with Gasteiger partial charge in [-0.2, -0.15) is 0 Å². The van der Waals surface area contributed by atoms with Gasteiger partial charge in [0, 0.05) is 40.3 Å². The fraction of sp³-hybridized carbons (Fsp3) is 0.276. The summed E-state index contributed by atoms with van der Waals surface area (Å²) in [6, 6.07) is 17.3. The maximum absolute atomic E-state index is 13.6. The maximum atomic E-state index is 13.6. The number of ketones is 1. The van der Waals surface area contributed by atoms with Gasteiger partial charge in [-0.15, -0.1) is 0 Å². The summed E-state index contributed by atoms with van der Waals surface area (Å²) in [5, 5.41) is 11.0. The number of halogens is 2. The zero-order valence-electron chi connectivity index (χ0n) is 21.0. The number of furan rings is 1. The van der Waals surface area contributed by atoms with Crippen LogP contribution < -0.4 is 4.72 Å². The summed E-state index contributed by atoms with van der Waals surface area (Å²) in [6.45, 7) is 3.64. The van der Waals surface area contributed by atoms with E-state index in [9.17, 15) is 18.3 Å². The highest BCUT2D eigenvalue weighted by atomic mass is 35.5. The number of carbonyl (C=O) groups is 1. The van der Waals surface area contributed by atoms with Gasteiger partial charge in [0.05, 0.1) is 17.9 Å². The third-order valence-electron chi connectivity index (χ3n) is 6.01. The Morgan fingerprint density at radius 2 is 1.77 bits per heavy atom. The quantitative estimate of drug-likeness (QED) is 0.185. The molecule has 0 bridgehead atoms. The lowest BCUT2D eigenvalue weighted by atomic mass is 10.0. The molecular formula is C29H32Cl2N2O5S. The molecule has 0 aliphatic heterocycles. The van der Waals surface area contributed by atoms with E-state index < -0.39 is 10.0 Å². The lowest BCUT2D eigenvalue weighted by molar-refractivity contribution is 0.101. The first kappa shape index (κ1) is 30.7. The van der Waals surface area contributed by atoms with Crippen LogP contribution in [-0.2, 0) is 16.6 Å². The highest BCUT2D eigenvalue weighted by Gasteiger charge is 2.25. The van der Waals surface area contributed by atoms with Crippen molar-refractivity contribution in [2.45, 2.75) is 27.3 Å². The number of nitrogens with one attached hydrogen (secondary N) is 1. The summed E-state index contributed by atoms with van der Waals surface area (Å²) in [5.41, 5.74) is 3.50. The Kier molecular flexibility index (Phi) is 10.2. The van der Waals surface area contributed by atoms with E-state index in [0.717, 1.165) is 35.7 Å². The van der Waals surface area contributed by atoms with Crippen LogP contribution in [0.15, 0.2) is 65.1 Å². The summed E-state index contributed by atoms with van der Waals surface area (Å²) in [5.74, 6) is -0.188. The van der Waals surface area contributed by atoms with Crippen molar-refractivity contribution in [2.75, 3.05) is 30.7 Å². The second kappa shape index (κ2) is 13.0. The van der Waals surface area contributed by atoms with Crippen molar-refractivity contribution in [3.05, 3.63) is 87.6 Å². The molecule has 3 aromatic carbocycles. The average molecular weight is 592 g/mol. The molecule has 0 radical (unpaired) electrons. The molecule has 1 aromatic heterocycles. The Hall–Kier alpha value is -2.88. The molecule has 208 valence electrons. The zero-order chi connectivity index (χ0) is 27.4. The Morgan fingerprint density at radius 1 is 1.03 bits per heavy atom. The van der Waals surface area contributed by atoms with Crippen molar-refractivity contribution in [2.24, 2.45) is 0 Å². The van der Waals surface area contributed by atoms with E-state index in [1.807, 2.05) is 24.3 Å². The van der Waals surface area contributed by atoms with Crippen LogP contribution in [0, 0.1) is 0 Å². The van der Waals surface area contributed by atoms with Crippen LogP contribution in [0.2, 0.25) is 10.0 Å². The molecule has 10 heteroatoms. The number of benzene rings is 3. The van der Waals surface area contributed by atoms with Crippen LogP contribution in [0.3, 0.4) is 0 Å². The predicted octanol–water partition coefficient (Wildman–Crippen LogP) is 6.85. The highest BCUT2D eigenvalue weighted by Crippen LogP contribution is 2.34. The predicted molar refractivity (Wildman–Crippen MR) is 159 cm³/mol. The van der Waals surface area contributed by atoms with Gasteiger partial charge in [-0.3, -0.25) is 14.4 Å². The Balaban J connectivity index is 0.00000420. The van der Waals surface area contributed by atoms with Crippen LogP contribution in [0.25, 0.3) is 22.1 Å². The molecule has 0 amide bonds. The first-order valence-corrected chi connectivity index (χ1v) is 14.7. The molecule has 0 saturated carbocycles. The molecule has 7 nitrogen and oxygen atoms in total. The number of hydrogen-bond acceptors (Lipinski definition) is 6. The summed E-state index contributed by atoms with van der Waals surface area (Å²) in [7, 11) is -3.42. The second-order valence-electron chi connectivity index (χ2n) is 9.03. The molecule has 0 fully saturated rings. The number of fused-ring (bicyclic) bond motifs is 1. The average Bonchev–Trinajstić information content (AvgIpc) is 3.20. The number of hydrogen-bond donors (Lipinski definition) is 2. The third-order valence-corrected chi connectivity index (χ3v) is 7.17. The molecule has 0 spiro atoms. The summed E-state index contributed by atoms with van der Waals surface area (Å²) in [6.07, 6.45) is 1.98. The Labute approximate surface area is 239 Å². The molecule has 4 rings (SSSR count). The van der Waals surface area contributed by atoms with Crippen molar-refractivity contribution < 1.29 is 22.7 Å². The molecule has 1 heterocycles. The lowest BCUT2D eigenvalue weighted by Crippen LogP contribution is -2.27. The lowest BCUT2D eigenvalue weighted by Gasteiger charge is -2.20. The highest BCUT2D eigenvalue weighted by molar-refractivity contribution is 7.92. The van der Waals surface area contributed by atoms with E-state index in [1.165, 1.54) is 6.07 Å². The minimum atomic E-state index is -3.42. The largest absolute Gasteiger partial charge is 0.452 e. The first-order chi connectivity index (χ1) is 18.1. The molecule has 0 unspecified atom stereocenters. The SMILES string of the molecule is C.CCCN(CCO)Cc1c(C(=O)c2ccc(Cl)cc2Cl)oc2cc(-c3cccc(NS(C)(=O)=O)c3)ccc12. The van der Waals surface area contributed by atoms with Crippen molar-refractivity contribution in [3.63, 3.8) is 0 Å². The van der Waals surface area contributed by atoms with E-state index in [0.29, 0.717) is 34.9 Å². The third kappa shape index (κ3) is 7.41. The molecule has 0 aliphatic carbocycles. The number of nitrogens with zero attached hydrogens (tertiary/aromatic N) is 1. The van der Waals surface area contributed by atoms with Gasteiger partial charge < -0.3 is 9.52 Å². The number of sulfonamides is 1. The number of anilines is 1. The van der Waals surface area contributed by atoms with Gasteiger partial charge in [-0.05, 0) is 60.5 Å². The molecular weight excluding hydrogens is 559 g/mol. The molecule has 4 aromatic rings. The fourth-order valence-corrected chi connectivity index (χ4v) is 5.44. The van der Waals surface area contributed by atoms with E-state index >= 15 is 0 Å². The summed E-state index contributed by atoms with van der Waals surface area (Å²) < 4.78 is 32.0. The normalized spacial score (nSPS) is 11.5. The molecule has 0 atom stereocenters. The van der Waals surface area contributed by atoms with Gasteiger partial charge in [0.2, 0.25) is 15.8 Å². The van der Waals surface area contributed by atoms with Gasteiger partial charge in [-0.1, -0.05) is 61.8 Å². The van der Waals surface area contributed by atoms with Crippen LogP contribution in [0.4, 0.5) is 5.69 Å². The number of rotatable bonds is 11. The van der Waals surface area contributed by atoms with Crippen molar-refractivity contribution in [1.82, 2.24) is 4.90 Å². The van der Waals surface area contributed by atoms with Gasteiger partial charge in [-0.25, -0.2) is 8.42 Å². The monoisotopic (exact) mass is 590 g/mol. The number of carbonyl (C=O) groups excluding carboxylic acids is 1. The second-order valence-corrected chi connectivity index (χ2v) is 11.6. The van der Waals surface area contributed by atoms with E-state index in [2.05, 4.69) is 16.5 Å². The van der Waals surface area contributed by atoms with Gasteiger partial charge >= 0.3 is 0 Å². The molecule has 2 N–H and O–H groups in total. The van der Waals surface area contributed by atoms with E-state index in [-0.39, 0.29) is 36.2 Å². The van der Waals surface area contributed by atoms with Gasteiger partial charge in [0.15, 0.2) is 5.76 Å². The van der Waals surface area contributed by atoms with Crippen LogP contribution in [0.1, 0.15) is 42.5 Å². The Morgan fingerprint density at radius 3 is 2.44 bits per heavy atom. The molecule has 0 aliphatic rings. The van der Waals surface area contributed by atoms with Crippen LogP contribution >= 0.6 is 23.2 Å². The minimum Gasteiger partial charge on any atom is -0.452 e. The van der Waals surface area contributed by atoms with Gasteiger partial charge in [0.25, 0.3) is 0 Å². The smallest absolute Gasteiger partial charge is 0.230 e. The van der Waals surface area contributed by atoms with Crippen LogP contribution in [0.5, 0.6) is 0 Å².